The lowest BCUT2D eigenvalue weighted by molar-refractivity contribution is 0.406. The fourth-order valence-corrected chi connectivity index (χ4v) is 1.94. The summed E-state index contributed by atoms with van der Waals surface area (Å²) in [5, 5.41) is 7.16. The van der Waals surface area contributed by atoms with Crippen LogP contribution in [0.4, 0.5) is 0 Å². The second kappa shape index (κ2) is 6.15. The molecule has 0 unspecified atom stereocenters. The molecule has 0 saturated heterocycles. The van der Waals surface area contributed by atoms with Gasteiger partial charge in [0.25, 0.3) is 5.56 Å². The topological polar surface area (TPSA) is 56.1 Å². The summed E-state index contributed by atoms with van der Waals surface area (Å²) >= 11 is 0. The predicted octanol–water partition coefficient (Wildman–Crippen LogP) is 1.02. The van der Waals surface area contributed by atoms with Crippen molar-refractivity contribution >= 4 is 0 Å². The molecule has 0 saturated carbocycles. The largest absolute Gasteiger partial charge is 0.496 e. The molecule has 1 aromatic carbocycles. The maximum Gasteiger partial charge on any atom is 0.267 e. The third-order valence-corrected chi connectivity index (χ3v) is 2.83. The van der Waals surface area contributed by atoms with Crippen molar-refractivity contribution < 1.29 is 4.74 Å². The van der Waals surface area contributed by atoms with E-state index in [2.05, 4.69) is 10.4 Å². The smallest absolute Gasteiger partial charge is 0.267 e. The van der Waals surface area contributed by atoms with Gasteiger partial charge in [0, 0.05) is 24.4 Å². The van der Waals surface area contributed by atoms with E-state index in [1.165, 1.54) is 10.7 Å². The van der Waals surface area contributed by atoms with Crippen LogP contribution in [0.2, 0.25) is 0 Å². The highest BCUT2D eigenvalue weighted by atomic mass is 16.5. The zero-order chi connectivity index (χ0) is 13.7. The Morgan fingerprint density at radius 2 is 2.21 bits per heavy atom. The Kier molecular flexibility index (Phi) is 4.30. The molecule has 1 aromatic heterocycles. The van der Waals surface area contributed by atoms with Crippen LogP contribution in [0, 0.1) is 0 Å². The lowest BCUT2D eigenvalue weighted by atomic mass is 10.1. The van der Waals surface area contributed by atoms with Crippen LogP contribution in [0.15, 0.2) is 41.3 Å². The van der Waals surface area contributed by atoms with Crippen LogP contribution in [-0.4, -0.2) is 23.9 Å². The van der Waals surface area contributed by atoms with Gasteiger partial charge in [-0.05, 0) is 30.8 Å². The van der Waals surface area contributed by atoms with Crippen molar-refractivity contribution in [1.82, 2.24) is 15.1 Å². The molecule has 0 spiro atoms. The van der Waals surface area contributed by atoms with Crippen molar-refractivity contribution in [2.45, 2.75) is 13.1 Å². The number of hydrogen-bond acceptors (Lipinski definition) is 4. The molecule has 0 bridgehead atoms. The van der Waals surface area contributed by atoms with Crippen molar-refractivity contribution in [3.8, 4) is 5.75 Å². The van der Waals surface area contributed by atoms with E-state index < -0.39 is 0 Å². The number of methoxy groups -OCH3 is 1. The summed E-state index contributed by atoms with van der Waals surface area (Å²) in [7, 11) is 3.52. The fourth-order valence-electron chi connectivity index (χ4n) is 1.94. The molecule has 5 nitrogen and oxygen atoms in total. The van der Waals surface area contributed by atoms with Gasteiger partial charge in [0.2, 0.25) is 0 Å². The Balaban J connectivity index is 2.34. The van der Waals surface area contributed by atoms with Gasteiger partial charge in [-0.1, -0.05) is 6.07 Å². The number of aromatic nitrogens is 2. The minimum Gasteiger partial charge on any atom is -0.496 e. The van der Waals surface area contributed by atoms with Crippen LogP contribution in [-0.2, 0) is 13.1 Å². The average Bonchev–Trinajstić information content (AvgIpc) is 2.42. The Labute approximate surface area is 111 Å². The quantitative estimate of drug-likeness (QED) is 0.871. The zero-order valence-corrected chi connectivity index (χ0v) is 11.1. The van der Waals surface area contributed by atoms with Crippen molar-refractivity contribution in [1.29, 1.82) is 0 Å². The molecular formula is C14H17N3O2. The maximum atomic E-state index is 11.7. The molecule has 0 aliphatic heterocycles. The number of hydrogen-bond donors (Lipinski definition) is 1. The van der Waals surface area contributed by atoms with Gasteiger partial charge in [-0.15, -0.1) is 0 Å². The summed E-state index contributed by atoms with van der Waals surface area (Å²) in [6.45, 7) is 1.18. The molecule has 0 radical (unpaired) electrons. The first-order valence-electron chi connectivity index (χ1n) is 6.07. The lowest BCUT2D eigenvalue weighted by Gasteiger charge is -2.11. The van der Waals surface area contributed by atoms with Crippen LogP contribution in [0.5, 0.6) is 5.75 Å². The summed E-state index contributed by atoms with van der Waals surface area (Å²) in [6.07, 6.45) is 1.60. The Hall–Kier alpha value is -2.14. The Bertz CT molecular complexity index is 608. The van der Waals surface area contributed by atoms with Gasteiger partial charge in [-0.3, -0.25) is 4.79 Å². The van der Waals surface area contributed by atoms with Gasteiger partial charge in [0.05, 0.1) is 13.7 Å². The summed E-state index contributed by atoms with van der Waals surface area (Å²) in [5.41, 5.74) is 1.96. The summed E-state index contributed by atoms with van der Waals surface area (Å²) < 4.78 is 6.74. The Morgan fingerprint density at radius 3 is 2.89 bits per heavy atom. The second-order valence-corrected chi connectivity index (χ2v) is 4.20. The monoisotopic (exact) mass is 259 g/mol. The van der Waals surface area contributed by atoms with Gasteiger partial charge >= 0.3 is 0 Å². The van der Waals surface area contributed by atoms with E-state index in [9.17, 15) is 4.79 Å². The molecule has 100 valence electrons. The average molecular weight is 259 g/mol. The highest BCUT2D eigenvalue weighted by Gasteiger charge is 2.06. The van der Waals surface area contributed by atoms with Crippen LogP contribution in [0.3, 0.4) is 0 Å². The summed E-state index contributed by atoms with van der Waals surface area (Å²) in [5.74, 6) is 0.761. The molecule has 0 atom stereocenters. The van der Waals surface area contributed by atoms with Gasteiger partial charge in [-0.25, -0.2) is 4.68 Å². The van der Waals surface area contributed by atoms with Crippen molar-refractivity contribution in [3.63, 3.8) is 0 Å². The van der Waals surface area contributed by atoms with Crippen LogP contribution in [0.25, 0.3) is 0 Å². The van der Waals surface area contributed by atoms with Crippen molar-refractivity contribution in [3.05, 3.63) is 58.0 Å². The molecule has 2 aromatic rings. The third kappa shape index (κ3) is 3.20. The SMILES string of the molecule is CNCc1ccc(OC)c(Cn2ncccc2=O)c1. The molecule has 0 aliphatic rings. The van der Waals surface area contributed by atoms with Gasteiger partial charge in [-0.2, -0.15) is 5.10 Å². The van der Waals surface area contributed by atoms with E-state index in [1.54, 1.807) is 19.4 Å². The molecule has 0 aliphatic carbocycles. The van der Waals surface area contributed by atoms with Crippen LogP contribution in [0.1, 0.15) is 11.1 Å². The van der Waals surface area contributed by atoms with Gasteiger partial charge in [0.1, 0.15) is 5.75 Å². The van der Waals surface area contributed by atoms with Crippen molar-refractivity contribution in [2.75, 3.05) is 14.2 Å². The van der Waals surface area contributed by atoms with Crippen LogP contribution >= 0.6 is 0 Å². The minimum absolute atomic E-state index is 0.122. The fraction of sp³-hybridized carbons (Fsp3) is 0.286. The van der Waals surface area contributed by atoms with E-state index in [-0.39, 0.29) is 5.56 Å². The highest BCUT2D eigenvalue weighted by Crippen LogP contribution is 2.20. The predicted molar refractivity (Wildman–Crippen MR) is 73.4 cm³/mol. The molecule has 19 heavy (non-hydrogen) atoms. The van der Waals surface area contributed by atoms with Crippen LogP contribution < -0.4 is 15.6 Å². The van der Waals surface area contributed by atoms with E-state index in [0.717, 1.165) is 23.4 Å². The number of nitrogens with one attached hydrogen (secondary N) is 1. The Morgan fingerprint density at radius 1 is 1.37 bits per heavy atom. The van der Waals surface area contributed by atoms with E-state index >= 15 is 0 Å². The van der Waals surface area contributed by atoms with E-state index in [1.807, 2.05) is 25.2 Å². The molecule has 1 heterocycles. The third-order valence-electron chi connectivity index (χ3n) is 2.83. The molecular weight excluding hydrogens is 242 g/mol. The summed E-state index contributed by atoms with van der Waals surface area (Å²) in [4.78, 5) is 11.7. The van der Waals surface area contributed by atoms with E-state index in [4.69, 9.17) is 4.74 Å². The molecule has 5 heteroatoms. The number of rotatable bonds is 5. The maximum absolute atomic E-state index is 11.7. The molecule has 0 fully saturated rings. The first-order valence-corrected chi connectivity index (χ1v) is 6.07. The molecule has 0 amide bonds. The minimum atomic E-state index is -0.122. The normalized spacial score (nSPS) is 10.4. The van der Waals surface area contributed by atoms with Gasteiger partial charge < -0.3 is 10.1 Å². The van der Waals surface area contributed by atoms with Crippen molar-refractivity contribution in [2.24, 2.45) is 0 Å². The summed E-state index contributed by atoms with van der Waals surface area (Å²) in [6, 6.07) is 9.07. The molecule has 1 N–H and O–H groups in total. The number of ether oxygens (including phenoxy) is 1. The standard InChI is InChI=1S/C14H17N3O2/c1-15-9-11-5-6-13(19-2)12(8-11)10-17-14(18)4-3-7-16-17/h3-8,15H,9-10H2,1-2H3. The number of nitrogens with zero attached hydrogens (tertiary/aromatic N) is 2. The lowest BCUT2D eigenvalue weighted by Crippen LogP contribution is -2.22. The first-order chi connectivity index (χ1) is 9.24. The molecule has 2 rings (SSSR count). The second-order valence-electron chi connectivity index (χ2n) is 4.20. The number of benzene rings is 1. The van der Waals surface area contributed by atoms with Gasteiger partial charge in [0.15, 0.2) is 0 Å². The zero-order valence-electron chi connectivity index (χ0n) is 11.1. The van der Waals surface area contributed by atoms with E-state index in [0.29, 0.717) is 6.54 Å². The first kappa shape index (κ1) is 13.3. The highest BCUT2D eigenvalue weighted by molar-refractivity contribution is 5.37.